The minimum atomic E-state index is -1.28. The molecule has 2 aromatic carbocycles. The van der Waals surface area contributed by atoms with Crippen LogP contribution in [0.25, 0.3) is 0 Å². The van der Waals surface area contributed by atoms with Gasteiger partial charge in [-0.1, -0.05) is 24.3 Å². The van der Waals surface area contributed by atoms with E-state index in [1.807, 2.05) is 17.5 Å². The fourth-order valence-corrected chi connectivity index (χ4v) is 3.11. The van der Waals surface area contributed by atoms with E-state index in [0.29, 0.717) is 16.9 Å². The Labute approximate surface area is 159 Å². The quantitative estimate of drug-likeness (QED) is 0.688. The van der Waals surface area contributed by atoms with Crippen LogP contribution in [0.3, 0.4) is 0 Å². The van der Waals surface area contributed by atoms with Crippen LogP contribution in [0, 0.1) is 0 Å². The lowest BCUT2D eigenvalue weighted by Crippen LogP contribution is -2.22. The zero-order chi connectivity index (χ0) is 19.2. The number of thiophene rings is 1. The molecule has 0 bridgehead atoms. The molecule has 2 N–H and O–H groups in total. The molecule has 0 radical (unpaired) electrons. The third-order valence-electron chi connectivity index (χ3n) is 3.70. The van der Waals surface area contributed by atoms with Gasteiger partial charge in [-0.3, -0.25) is 9.59 Å². The summed E-state index contributed by atoms with van der Waals surface area (Å²) in [7, 11) is 0. The molecule has 0 aliphatic carbocycles. The summed E-state index contributed by atoms with van der Waals surface area (Å²) in [5.74, 6) is -1.81. The summed E-state index contributed by atoms with van der Waals surface area (Å²) in [6.45, 7) is 0. The van der Waals surface area contributed by atoms with Gasteiger partial charge in [-0.2, -0.15) is 0 Å². The predicted octanol–water partition coefficient (Wildman–Crippen LogP) is 2.55. The second-order valence-corrected chi connectivity index (χ2v) is 6.74. The van der Waals surface area contributed by atoms with Crippen molar-refractivity contribution in [1.82, 2.24) is 0 Å². The zero-order valence-corrected chi connectivity index (χ0v) is 14.9. The lowest BCUT2D eigenvalue weighted by atomic mass is 10.1. The Kier molecular flexibility index (Phi) is 5.63. The molecule has 6 nitrogen and oxygen atoms in total. The smallest absolute Gasteiger partial charge is 0.255 e. The van der Waals surface area contributed by atoms with Crippen molar-refractivity contribution in [2.45, 2.75) is 6.42 Å². The minimum Gasteiger partial charge on any atom is -0.545 e. The predicted molar refractivity (Wildman–Crippen MR) is 102 cm³/mol. The highest BCUT2D eigenvalue weighted by atomic mass is 32.1. The Balaban J connectivity index is 1.64. The maximum Gasteiger partial charge on any atom is 0.255 e. The molecule has 1 aromatic heterocycles. The molecule has 1 heterocycles. The maximum absolute atomic E-state index is 12.4. The molecule has 136 valence electrons. The number of rotatable bonds is 6. The van der Waals surface area contributed by atoms with Crippen molar-refractivity contribution >= 4 is 40.5 Å². The molecule has 0 fully saturated rings. The fraction of sp³-hybridized carbons (Fsp3) is 0.0500. The van der Waals surface area contributed by atoms with Gasteiger partial charge in [0.25, 0.3) is 5.91 Å². The molecule has 0 aliphatic heterocycles. The van der Waals surface area contributed by atoms with E-state index in [-0.39, 0.29) is 23.8 Å². The van der Waals surface area contributed by atoms with Crippen molar-refractivity contribution < 1.29 is 19.5 Å². The van der Waals surface area contributed by atoms with E-state index in [1.165, 1.54) is 35.6 Å². The van der Waals surface area contributed by atoms with Crippen LogP contribution in [0.15, 0.2) is 66.0 Å². The van der Waals surface area contributed by atoms with Crippen molar-refractivity contribution in [1.29, 1.82) is 0 Å². The van der Waals surface area contributed by atoms with E-state index < -0.39 is 5.97 Å². The lowest BCUT2D eigenvalue weighted by Gasteiger charge is -2.09. The van der Waals surface area contributed by atoms with Gasteiger partial charge >= 0.3 is 0 Å². The molecule has 27 heavy (non-hydrogen) atoms. The third kappa shape index (κ3) is 5.02. The molecular weight excluding hydrogens is 364 g/mol. The second kappa shape index (κ2) is 8.29. The first-order valence-corrected chi connectivity index (χ1v) is 8.94. The van der Waals surface area contributed by atoms with Crippen molar-refractivity contribution in [3.63, 3.8) is 0 Å². The van der Waals surface area contributed by atoms with E-state index in [1.54, 1.807) is 24.3 Å². The Morgan fingerprint density at radius 1 is 0.852 bits per heavy atom. The van der Waals surface area contributed by atoms with Crippen LogP contribution in [0.1, 0.15) is 25.6 Å². The van der Waals surface area contributed by atoms with Gasteiger partial charge in [-0.05, 0) is 47.3 Å². The van der Waals surface area contributed by atoms with Crippen LogP contribution in [0.5, 0.6) is 0 Å². The number of hydrogen-bond acceptors (Lipinski definition) is 5. The van der Waals surface area contributed by atoms with Gasteiger partial charge in [0, 0.05) is 21.8 Å². The summed E-state index contributed by atoms with van der Waals surface area (Å²) in [6, 6.07) is 16.0. The first kappa shape index (κ1) is 18.3. The monoisotopic (exact) mass is 379 g/mol. The van der Waals surface area contributed by atoms with Crippen LogP contribution in [-0.2, 0) is 11.2 Å². The molecule has 0 saturated carbocycles. The van der Waals surface area contributed by atoms with E-state index in [4.69, 9.17) is 0 Å². The Morgan fingerprint density at radius 3 is 2.30 bits per heavy atom. The van der Waals surface area contributed by atoms with E-state index >= 15 is 0 Å². The second-order valence-electron chi connectivity index (χ2n) is 5.70. The summed E-state index contributed by atoms with van der Waals surface area (Å²) >= 11 is 1.51. The molecule has 3 aromatic rings. The molecule has 0 saturated heterocycles. The maximum atomic E-state index is 12.4. The summed E-state index contributed by atoms with van der Waals surface area (Å²) in [5.41, 5.74) is 1.38. The number of amides is 2. The first-order valence-electron chi connectivity index (χ1n) is 8.06. The highest BCUT2D eigenvalue weighted by molar-refractivity contribution is 7.10. The van der Waals surface area contributed by atoms with Gasteiger partial charge in [-0.25, -0.2) is 0 Å². The number of anilines is 2. The van der Waals surface area contributed by atoms with Crippen LogP contribution in [-0.4, -0.2) is 17.8 Å². The summed E-state index contributed by atoms with van der Waals surface area (Å²) in [6.07, 6.45) is 0.277. The number of carboxylic acids is 1. The Morgan fingerprint density at radius 2 is 1.63 bits per heavy atom. The van der Waals surface area contributed by atoms with E-state index in [0.717, 1.165) is 4.88 Å². The topological polar surface area (TPSA) is 98.3 Å². The van der Waals surface area contributed by atoms with Crippen molar-refractivity contribution in [3.8, 4) is 0 Å². The highest BCUT2D eigenvalue weighted by Crippen LogP contribution is 2.16. The Bertz CT molecular complexity index is 966. The molecule has 7 heteroatoms. The molecule has 0 unspecified atom stereocenters. The van der Waals surface area contributed by atoms with Crippen LogP contribution < -0.4 is 15.7 Å². The van der Waals surface area contributed by atoms with Crippen molar-refractivity contribution in [2.75, 3.05) is 10.6 Å². The largest absolute Gasteiger partial charge is 0.545 e. The van der Waals surface area contributed by atoms with Gasteiger partial charge in [0.2, 0.25) is 5.91 Å². The van der Waals surface area contributed by atoms with Gasteiger partial charge < -0.3 is 20.5 Å². The highest BCUT2D eigenvalue weighted by Gasteiger charge is 2.09. The normalized spacial score (nSPS) is 10.2. The van der Waals surface area contributed by atoms with Crippen LogP contribution in [0.2, 0.25) is 0 Å². The molecule has 0 aliphatic rings. The van der Waals surface area contributed by atoms with Gasteiger partial charge in [0.1, 0.15) is 0 Å². The molecule has 0 atom stereocenters. The number of nitrogens with one attached hydrogen (secondary N) is 2. The van der Waals surface area contributed by atoms with Crippen LogP contribution >= 0.6 is 11.3 Å². The number of aromatic carboxylic acids is 1. The number of carbonyl (C=O) groups is 3. The molecule has 0 spiro atoms. The summed E-state index contributed by atoms with van der Waals surface area (Å²) < 4.78 is 0. The fourth-order valence-electron chi connectivity index (χ4n) is 2.41. The SMILES string of the molecule is O=C(Cc1cccs1)Nc1cccc(C(=O)Nc2ccc(C(=O)[O-])cc2)c1. The molecular formula is C20H15N2O4S-. The average molecular weight is 379 g/mol. The summed E-state index contributed by atoms with van der Waals surface area (Å²) in [4.78, 5) is 36.2. The van der Waals surface area contributed by atoms with Gasteiger partial charge in [-0.15, -0.1) is 11.3 Å². The summed E-state index contributed by atoms with van der Waals surface area (Å²) in [5, 5.41) is 18.1. The Hall–Kier alpha value is -3.45. The number of carbonyl (C=O) groups excluding carboxylic acids is 3. The number of carboxylic acid groups (broad SMARTS) is 1. The third-order valence-corrected chi connectivity index (χ3v) is 4.58. The van der Waals surface area contributed by atoms with E-state index in [2.05, 4.69) is 10.6 Å². The van der Waals surface area contributed by atoms with Gasteiger partial charge in [0.05, 0.1) is 12.4 Å². The first-order chi connectivity index (χ1) is 13.0. The lowest BCUT2D eigenvalue weighted by molar-refractivity contribution is -0.255. The average Bonchev–Trinajstić information content (AvgIpc) is 3.15. The standard InChI is InChI=1S/C20H16N2O4S/c23-18(12-17-5-2-10-27-17)21-16-4-1-3-14(11-16)19(24)22-15-8-6-13(7-9-15)20(25)26/h1-11H,12H2,(H,21,23)(H,22,24)(H,25,26)/p-1. The molecule has 3 rings (SSSR count). The minimum absolute atomic E-state index is 0.0310. The molecule has 2 amide bonds. The van der Waals surface area contributed by atoms with E-state index in [9.17, 15) is 19.5 Å². The number of benzene rings is 2. The van der Waals surface area contributed by atoms with Gasteiger partial charge in [0.15, 0.2) is 0 Å². The van der Waals surface area contributed by atoms with Crippen molar-refractivity contribution in [3.05, 3.63) is 82.0 Å². The zero-order valence-electron chi connectivity index (χ0n) is 14.1. The van der Waals surface area contributed by atoms with Crippen molar-refractivity contribution in [2.24, 2.45) is 0 Å². The number of hydrogen-bond donors (Lipinski definition) is 2. The van der Waals surface area contributed by atoms with Crippen LogP contribution in [0.4, 0.5) is 11.4 Å².